The van der Waals surface area contributed by atoms with Crippen molar-refractivity contribution in [3.63, 3.8) is 0 Å². The maximum Gasteiger partial charge on any atom is 0.338 e. The lowest BCUT2D eigenvalue weighted by atomic mass is 10.1. The Morgan fingerprint density at radius 1 is 1.47 bits per heavy atom. The van der Waals surface area contributed by atoms with Crippen molar-refractivity contribution in [3.05, 3.63) is 29.8 Å². The Kier molecular flexibility index (Phi) is 4.04. The zero-order chi connectivity index (χ0) is 13.8. The van der Waals surface area contributed by atoms with Crippen LogP contribution in [0.3, 0.4) is 0 Å². The number of carboxylic acid groups (broad SMARTS) is 1. The van der Waals surface area contributed by atoms with Crippen molar-refractivity contribution in [2.24, 2.45) is 0 Å². The molecule has 0 spiro atoms. The lowest BCUT2D eigenvalue weighted by molar-refractivity contribution is -0.138. The van der Waals surface area contributed by atoms with Gasteiger partial charge in [0, 0.05) is 12.2 Å². The van der Waals surface area contributed by atoms with E-state index >= 15 is 0 Å². The van der Waals surface area contributed by atoms with Gasteiger partial charge in [0.15, 0.2) is 0 Å². The van der Waals surface area contributed by atoms with Gasteiger partial charge < -0.3 is 14.7 Å². The molecule has 1 heterocycles. The van der Waals surface area contributed by atoms with Crippen LogP contribution < -0.4 is 4.90 Å². The second-order valence-electron chi connectivity index (χ2n) is 4.46. The van der Waals surface area contributed by atoms with E-state index in [4.69, 9.17) is 4.74 Å². The molecule has 102 valence electrons. The zero-order valence-electron chi connectivity index (χ0n) is 10.8. The van der Waals surface area contributed by atoms with Gasteiger partial charge >= 0.3 is 11.9 Å². The molecular formula is C14H17NO4. The van der Waals surface area contributed by atoms with Gasteiger partial charge in [-0.1, -0.05) is 6.07 Å². The van der Waals surface area contributed by atoms with Crippen LogP contribution >= 0.6 is 0 Å². The Bertz CT molecular complexity index is 486. The number of benzene rings is 1. The van der Waals surface area contributed by atoms with Crippen LogP contribution in [0.15, 0.2) is 24.3 Å². The molecule has 5 nitrogen and oxygen atoms in total. The molecule has 1 N–H and O–H groups in total. The van der Waals surface area contributed by atoms with E-state index in [-0.39, 0.29) is 5.97 Å². The molecular weight excluding hydrogens is 246 g/mol. The molecule has 0 aliphatic carbocycles. The second kappa shape index (κ2) is 5.73. The summed E-state index contributed by atoms with van der Waals surface area (Å²) in [5.41, 5.74) is 1.21. The largest absolute Gasteiger partial charge is 0.480 e. The summed E-state index contributed by atoms with van der Waals surface area (Å²) < 4.78 is 4.95. The summed E-state index contributed by atoms with van der Waals surface area (Å²) in [6.45, 7) is 2.77. The quantitative estimate of drug-likeness (QED) is 0.841. The third kappa shape index (κ3) is 2.86. The lowest BCUT2D eigenvalue weighted by Crippen LogP contribution is -2.35. The SMILES string of the molecule is CCOC(=O)c1cccc(N2CCC[C@@H]2C(=O)O)c1. The maximum atomic E-state index is 11.7. The van der Waals surface area contributed by atoms with Gasteiger partial charge in [-0.3, -0.25) is 0 Å². The molecule has 1 saturated heterocycles. The van der Waals surface area contributed by atoms with Crippen LogP contribution in [0.25, 0.3) is 0 Å². The van der Waals surface area contributed by atoms with Crippen molar-refractivity contribution in [2.75, 3.05) is 18.1 Å². The Balaban J connectivity index is 2.23. The van der Waals surface area contributed by atoms with Crippen molar-refractivity contribution < 1.29 is 19.4 Å². The summed E-state index contributed by atoms with van der Waals surface area (Å²) in [4.78, 5) is 24.7. The molecule has 1 fully saturated rings. The van der Waals surface area contributed by atoms with Crippen molar-refractivity contribution in [3.8, 4) is 0 Å². The molecule has 5 heteroatoms. The fraction of sp³-hybridized carbons (Fsp3) is 0.429. The number of rotatable bonds is 4. The number of aliphatic carboxylic acids is 1. The number of hydrogen-bond donors (Lipinski definition) is 1. The first-order valence-electron chi connectivity index (χ1n) is 6.40. The minimum absolute atomic E-state index is 0.324. The van der Waals surface area contributed by atoms with E-state index in [2.05, 4.69) is 0 Å². The summed E-state index contributed by atoms with van der Waals surface area (Å²) >= 11 is 0. The third-order valence-corrected chi connectivity index (χ3v) is 3.23. The Labute approximate surface area is 111 Å². The highest BCUT2D eigenvalue weighted by molar-refractivity contribution is 5.91. The van der Waals surface area contributed by atoms with Gasteiger partial charge in [-0.2, -0.15) is 0 Å². The molecule has 0 bridgehead atoms. The van der Waals surface area contributed by atoms with Gasteiger partial charge in [-0.25, -0.2) is 9.59 Å². The minimum atomic E-state index is -0.820. The van der Waals surface area contributed by atoms with Gasteiger partial charge in [0.1, 0.15) is 6.04 Å². The van der Waals surface area contributed by atoms with Crippen molar-refractivity contribution in [1.29, 1.82) is 0 Å². The minimum Gasteiger partial charge on any atom is -0.480 e. The van der Waals surface area contributed by atoms with Crippen LogP contribution in [0.2, 0.25) is 0 Å². The molecule has 1 aromatic carbocycles. The molecule has 0 amide bonds. The first-order chi connectivity index (χ1) is 9.13. The van der Waals surface area contributed by atoms with Crippen LogP contribution in [0.1, 0.15) is 30.1 Å². The Morgan fingerprint density at radius 2 is 2.26 bits per heavy atom. The summed E-state index contributed by atoms with van der Waals surface area (Å²) in [7, 11) is 0. The van der Waals surface area contributed by atoms with Crippen LogP contribution in [-0.2, 0) is 9.53 Å². The van der Waals surface area contributed by atoms with E-state index in [1.165, 1.54) is 0 Å². The van der Waals surface area contributed by atoms with Crippen LogP contribution in [-0.4, -0.2) is 36.2 Å². The van der Waals surface area contributed by atoms with E-state index in [0.29, 0.717) is 25.1 Å². The predicted molar refractivity (Wildman–Crippen MR) is 70.4 cm³/mol. The number of esters is 1. The summed E-state index contributed by atoms with van der Waals surface area (Å²) in [5, 5.41) is 9.17. The van der Waals surface area contributed by atoms with Crippen LogP contribution in [0, 0.1) is 0 Å². The van der Waals surface area contributed by atoms with Gasteiger partial charge in [0.2, 0.25) is 0 Å². The average molecular weight is 263 g/mol. The first kappa shape index (κ1) is 13.4. The molecule has 0 unspecified atom stereocenters. The molecule has 0 aromatic heterocycles. The summed E-state index contributed by atoms with van der Waals surface area (Å²) in [6.07, 6.45) is 1.49. The fourth-order valence-electron chi connectivity index (χ4n) is 2.36. The van der Waals surface area contributed by atoms with Crippen LogP contribution in [0.4, 0.5) is 5.69 Å². The molecule has 19 heavy (non-hydrogen) atoms. The Hall–Kier alpha value is -2.04. The number of carboxylic acids is 1. The molecule has 1 aromatic rings. The lowest BCUT2D eigenvalue weighted by Gasteiger charge is -2.23. The van der Waals surface area contributed by atoms with E-state index in [9.17, 15) is 14.7 Å². The molecule has 0 saturated carbocycles. The van der Waals surface area contributed by atoms with Crippen LogP contribution in [0.5, 0.6) is 0 Å². The highest BCUT2D eigenvalue weighted by atomic mass is 16.5. The van der Waals surface area contributed by atoms with Gasteiger partial charge in [0.25, 0.3) is 0 Å². The second-order valence-corrected chi connectivity index (χ2v) is 4.46. The van der Waals surface area contributed by atoms with E-state index in [1.54, 1.807) is 25.1 Å². The molecule has 1 aliphatic rings. The average Bonchev–Trinajstić information content (AvgIpc) is 2.88. The van der Waals surface area contributed by atoms with Gasteiger partial charge in [0.05, 0.1) is 12.2 Å². The van der Waals surface area contributed by atoms with Crippen molar-refractivity contribution in [2.45, 2.75) is 25.8 Å². The number of hydrogen-bond acceptors (Lipinski definition) is 4. The standard InChI is InChI=1S/C14H17NO4/c1-2-19-14(18)10-5-3-6-11(9-10)15-8-4-7-12(15)13(16)17/h3,5-6,9,12H,2,4,7-8H2,1H3,(H,16,17)/t12-/m1/s1. The zero-order valence-corrected chi connectivity index (χ0v) is 10.8. The topological polar surface area (TPSA) is 66.8 Å². The highest BCUT2D eigenvalue weighted by Gasteiger charge is 2.30. The number of carbonyl (C=O) groups is 2. The normalized spacial score (nSPS) is 18.4. The maximum absolute atomic E-state index is 11.7. The van der Waals surface area contributed by atoms with E-state index in [1.807, 2.05) is 11.0 Å². The summed E-state index contributed by atoms with van der Waals surface area (Å²) in [5.74, 6) is -1.20. The molecule has 1 atom stereocenters. The number of ether oxygens (including phenoxy) is 1. The molecule has 1 aliphatic heterocycles. The molecule has 0 radical (unpaired) electrons. The summed E-state index contributed by atoms with van der Waals surface area (Å²) in [6, 6.07) is 6.44. The van der Waals surface area contributed by atoms with Crippen molar-refractivity contribution in [1.82, 2.24) is 0 Å². The monoisotopic (exact) mass is 263 g/mol. The number of carbonyl (C=O) groups excluding carboxylic acids is 1. The third-order valence-electron chi connectivity index (χ3n) is 3.23. The van der Waals surface area contributed by atoms with Gasteiger partial charge in [-0.05, 0) is 38.0 Å². The van der Waals surface area contributed by atoms with E-state index < -0.39 is 12.0 Å². The number of nitrogens with zero attached hydrogens (tertiary/aromatic N) is 1. The predicted octanol–water partition coefficient (Wildman–Crippen LogP) is 1.92. The first-order valence-corrected chi connectivity index (χ1v) is 6.40. The van der Waals surface area contributed by atoms with Crippen molar-refractivity contribution >= 4 is 17.6 Å². The smallest absolute Gasteiger partial charge is 0.338 e. The Morgan fingerprint density at radius 3 is 2.95 bits per heavy atom. The molecule has 2 rings (SSSR count). The van der Waals surface area contributed by atoms with E-state index in [0.717, 1.165) is 12.1 Å². The highest BCUT2D eigenvalue weighted by Crippen LogP contribution is 2.26. The van der Waals surface area contributed by atoms with Gasteiger partial charge in [-0.15, -0.1) is 0 Å². The fourth-order valence-corrected chi connectivity index (χ4v) is 2.36. The number of anilines is 1.